The standard InChI is InChI=1S/C17H17ClN4OS/c1-11(9-22-8-7-19-10-22)20-16(23)15-12(2)21-17(24-15)13-3-5-14(18)6-4-13/h3-8,10-11H,9H2,1-2H3,(H,20,23). The zero-order chi connectivity index (χ0) is 17.1. The van der Waals surface area contributed by atoms with E-state index in [9.17, 15) is 4.79 Å². The van der Waals surface area contributed by atoms with Crippen molar-refractivity contribution in [3.8, 4) is 10.6 Å². The third kappa shape index (κ3) is 3.83. The largest absolute Gasteiger partial charge is 0.347 e. The predicted octanol–water partition coefficient (Wildman–Crippen LogP) is 3.79. The van der Waals surface area contributed by atoms with Crippen molar-refractivity contribution in [2.24, 2.45) is 0 Å². The van der Waals surface area contributed by atoms with E-state index in [0.29, 0.717) is 16.4 Å². The summed E-state index contributed by atoms with van der Waals surface area (Å²) >= 11 is 7.31. The molecule has 0 spiro atoms. The molecule has 0 saturated carbocycles. The Morgan fingerprint density at radius 2 is 2.12 bits per heavy atom. The van der Waals surface area contributed by atoms with Crippen LogP contribution in [0.2, 0.25) is 5.02 Å². The Kier molecular flexibility index (Phi) is 4.97. The number of imidazole rings is 1. The zero-order valence-corrected chi connectivity index (χ0v) is 14.9. The van der Waals surface area contributed by atoms with Gasteiger partial charge in [0, 0.05) is 35.6 Å². The summed E-state index contributed by atoms with van der Waals surface area (Å²) in [5, 5.41) is 4.51. The number of rotatable bonds is 5. The van der Waals surface area contributed by atoms with E-state index in [-0.39, 0.29) is 11.9 Å². The first kappa shape index (κ1) is 16.7. The lowest BCUT2D eigenvalue weighted by Gasteiger charge is -2.13. The second-order valence-electron chi connectivity index (χ2n) is 5.57. The van der Waals surface area contributed by atoms with Crippen molar-refractivity contribution in [3.05, 3.63) is 58.6 Å². The number of aromatic nitrogens is 3. The van der Waals surface area contributed by atoms with Crippen molar-refractivity contribution in [3.63, 3.8) is 0 Å². The Bertz CT molecular complexity index is 827. The molecule has 1 unspecified atom stereocenters. The molecular weight excluding hydrogens is 344 g/mol. The van der Waals surface area contributed by atoms with Gasteiger partial charge in [0.2, 0.25) is 0 Å². The molecule has 2 aromatic heterocycles. The fourth-order valence-corrected chi connectivity index (χ4v) is 3.47. The molecule has 1 atom stereocenters. The zero-order valence-electron chi connectivity index (χ0n) is 13.4. The van der Waals surface area contributed by atoms with Gasteiger partial charge in [-0.05, 0) is 26.0 Å². The van der Waals surface area contributed by atoms with Crippen LogP contribution in [0.25, 0.3) is 10.6 Å². The lowest BCUT2D eigenvalue weighted by atomic mass is 10.2. The second kappa shape index (κ2) is 7.15. The van der Waals surface area contributed by atoms with E-state index < -0.39 is 0 Å². The Hall–Kier alpha value is -2.18. The molecule has 0 aliphatic carbocycles. The first-order chi connectivity index (χ1) is 11.5. The number of hydrogen-bond acceptors (Lipinski definition) is 4. The molecule has 24 heavy (non-hydrogen) atoms. The van der Waals surface area contributed by atoms with Crippen LogP contribution in [-0.4, -0.2) is 26.5 Å². The minimum atomic E-state index is -0.0992. The fraction of sp³-hybridized carbons (Fsp3) is 0.235. The molecule has 0 radical (unpaired) electrons. The van der Waals surface area contributed by atoms with E-state index in [4.69, 9.17) is 11.6 Å². The molecule has 1 aromatic carbocycles. The van der Waals surface area contributed by atoms with Gasteiger partial charge in [0.05, 0.1) is 12.0 Å². The highest BCUT2D eigenvalue weighted by atomic mass is 35.5. The molecular formula is C17H17ClN4OS. The third-order valence-corrected chi connectivity index (χ3v) is 4.97. The van der Waals surface area contributed by atoms with Gasteiger partial charge in [-0.25, -0.2) is 9.97 Å². The molecule has 1 N–H and O–H groups in total. The van der Waals surface area contributed by atoms with Crippen molar-refractivity contribution in [2.75, 3.05) is 0 Å². The number of nitrogens with zero attached hydrogens (tertiary/aromatic N) is 3. The SMILES string of the molecule is Cc1nc(-c2ccc(Cl)cc2)sc1C(=O)NC(C)Cn1ccnc1. The van der Waals surface area contributed by atoms with Gasteiger partial charge in [0.25, 0.3) is 5.91 Å². The number of aryl methyl sites for hydroxylation is 1. The van der Waals surface area contributed by atoms with E-state index >= 15 is 0 Å². The Balaban J connectivity index is 1.72. The van der Waals surface area contributed by atoms with Crippen molar-refractivity contribution in [1.82, 2.24) is 19.9 Å². The lowest BCUT2D eigenvalue weighted by molar-refractivity contribution is 0.0940. The first-order valence-corrected chi connectivity index (χ1v) is 8.72. The van der Waals surface area contributed by atoms with Crippen molar-refractivity contribution < 1.29 is 4.79 Å². The second-order valence-corrected chi connectivity index (χ2v) is 7.01. The maximum absolute atomic E-state index is 12.5. The van der Waals surface area contributed by atoms with Gasteiger partial charge in [-0.2, -0.15) is 0 Å². The maximum atomic E-state index is 12.5. The highest BCUT2D eigenvalue weighted by Crippen LogP contribution is 2.28. The van der Waals surface area contributed by atoms with Crippen LogP contribution >= 0.6 is 22.9 Å². The van der Waals surface area contributed by atoms with Crippen LogP contribution in [0.1, 0.15) is 22.3 Å². The molecule has 0 bridgehead atoms. The van der Waals surface area contributed by atoms with E-state index in [2.05, 4.69) is 15.3 Å². The molecule has 0 fully saturated rings. The van der Waals surface area contributed by atoms with Gasteiger partial charge >= 0.3 is 0 Å². The van der Waals surface area contributed by atoms with Gasteiger partial charge in [-0.1, -0.05) is 23.7 Å². The van der Waals surface area contributed by atoms with Gasteiger partial charge in [-0.3, -0.25) is 4.79 Å². The van der Waals surface area contributed by atoms with Crippen molar-refractivity contribution >= 4 is 28.8 Å². The maximum Gasteiger partial charge on any atom is 0.263 e. The summed E-state index contributed by atoms with van der Waals surface area (Å²) in [6.45, 7) is 4.49. The summed E-state index contributed by atoms with van der Waals surface area (Å²) in [7, 11) is 0. The Labute approximate surface area is 149 Å². The smallest absolute Gasteiger partial charge is 0.263 e. The van der Waals surface area contributed by atoms with Crippen LogP contribution in [0.3, 0.4) is 0 Å². The minimum absolute atomic E-state index is 0.00724. The normalized spacial score (nSPS) is 12.1. The minimum Gasteiger partial charge on any atom is -0.347 e. The molecule has 7 heteroatoms. The molecule has 124 valence electrons. The molecule has 3 rings (SSSR count). The van der Waals surface area contributed by atoms with Gasteiger partial charge in [0.1, 0.15) is 9.88 Å². The topological polar surface area (TPSA) is 59.8 Å². The summed E-state index contributed by atoms with van der Waals surface area (Å²) in [5.74, 6) is -0.0992. The average Bonchev–Trinajstić information content (AvgIpc) is 3.17. The number of thiazole rings is 1. The lowest BCUT2D eigenvalue weighted by Crippen LogP contribution is -2.35. The highest BCUT2D eigenvalue weighted by molar-refractivity contribution is 7.17. The van der Waals surface area contributed by atoms with Crippen LogP contribution < -0.4 is 5.32 Å². The summed E-state index contributed by atoms with van der Waals surface area (Å²) < 4.78 is 1.93. The molecule has 2 heterocycles. The van der Waals surface area contributed by atoms with Crippen LogP contribution in [0, 0.1) is 6.92 Å². The molecule has 3 aromatic rings. The van der Waals surface area contributed by atoms with Crippen LogP contribution in [0.15, 0.2) is 43.0 Å². The first-order valence-electron chi connectivity index (χ1n) is 7.53. The van der Waals surface area contributed by atoms with E-state index in [1.165, 1.54) is 11.3 Å². The van der Waals surface area contributed by atoms with Gasteiger partial charge in [0.15, 0.2) is 0 Å². The van der Waals surface area contributed by atoms with E-state index in [1.54, 1.807) is 12.5 Å². The summed E-state index contributed by atoms with van der Waals surface area (Å²) in [6.07, 6.45) is 5.33. The summed E-state index contributed by atoms with van der Waals surface area (Å²) in [5.41, 5.74) is 1.69. The molecule has 0 saturated heterocycles. The average molecular weight is 361 g/mol. The van der Waals surface area contributed by atoms with Crippen LogP contribution in [0.5, 0.6) is 0 Å². The number of carbonyl (C=O) groups excluding carboxylic acids is 1. The number of nitrogens with one attached hydrogen (secondary N) is 1. The number of halogens is 1. The predicted molar refractivity (Wildman–Crippen MR) is 96.5 cm³/mol. The number of amides is 1. The van der Waals surface area contributed by atoms with E-state index in [0.717, 1.165) is 16.3 Å². The molecule has 0 aliphatic heterocycles. The number of carbonyl (C=O) groups is 1. The number of hydrogen-bond donors (Lipinski definition) is 1. The molecule has 0 aliphatic rings. The number of benzene rings is 1. The van der Waals surface area contributed by atoms with E-state index in [1.807, 2.05) is 48.9 Å². The van der Waals surface area contributed by atoms with Crippen molar-refractivity contribution in [2.45, 2.75) is 26.4 Å². The van der Waals surface area contributed by atoms with Crippen molar-refractivity contribution in [1.29, 1.82) is 0 Å². The van der Waals surface area contributed by atoms with Gasteiger partial charge in [-0.15, -0.1) is 11.3 Å². The monoisotopic (exact) mass is 360 g/mol. The molecule has 5 nitrogen and oxygen atoms in total. The molecule has 1 amide bonds. The Morgan fingerprint density at radius 3 is 2.79 bits per heavy atom. The van der Waals surface area contributed by atoms with Crippen LogP contribution in [-0.2, 0) is 6.54 Å². The summed E-state index contributed by atoms with van der Waals surface area (Å²) in [4.78, 5) is 21.7. The van der Waals surface area contributed by atoms with Crippen LogP contribution in [0.4, 0.5) is 0 Å². The Morgan fingerprint density at radius 1 is 1.38 bits per heavy atom. The quantitative estimate of drug-likeness (QED) is 0.753. The third-order valence-electron chi connectivity index (χ3n) is 3.52. The highest BCUT2D eigenvalue weighted by Gasteiger charge is 2.18. The van der Waals surface area contributed by atoms with Gasteiger partial charge < -0.3 is 9.88 Å². The summed E-state index contributed by atoms with van der Waals surface area (Å²) in [6, 6.07) is 7.45. The fourth-order valence-electron chi connectivity index (χ4n) is 2.37.